The van der Waals surface area contributed by atoms with Gasteiger partial charge in [0.15, 0.2) is 0 Å². The highest BCUT2D eigenvalue weighted by molar-refractivity contribution is 6.07. The standard InChI is InChI=1S/C24H29N3O3/c28-18(16-25-11-13-26(14-12-25)24(29)23-10-5-15-30-23)17-27-21-8-3-1-6-19(21)20-7-2-4-9-22(20)27/h1-4,6-9,18,23,28H,5,10-17H2/t18-,23-/m1/s1. The van der Waals surface area contributed by atoms with Crippen LogP contribution >= 0.6 is 0 Å². The average Bonchev–Trinajstić information content (AvgIpc) is 3.42. The van der Waals surface area contributed by atoms with Crippen molar-refractivity contribution >= 4 is 27.7 Å². The smallest absolute Gasteiger partial charge is 0.251 e. The second-order valence-corrected chi connectivity index (χ2v) is 8.43. The Balaban J connectivity index is 1.23. The molecular formula is C24H29N3O3. The third-order valence-corrected chi connectivity index (χ3v) is 6.43. The van der Waals surface area contributed by atoms with Crippen molar-refractivity contribution in [2.24, 2.45) is 0 Å². The molecule has 3 aromatic rings. The van der Waals surface area contributed by atoms with Gasteiger partial charge in [-0.3, -0.25) is 9.69 Å². The molecule has 2 aromatic carbocycles. The van der Waals surface area contributed by atoms with Crippen molar-refractivity contribution in [1.29, 1.82) is 0 Å². The number of aliphatic hydroxyl groups excluding tert-OH is 1. The van der Waals surface area contributed by atoms with E-state index < -0.39 is 6.10 Å². The largest absolute Gasteiger partial charge is 0.390 e. The van der Waals surface area contributed by atoms with E-state index in [1.165, 1.54) is 10.8 Å². The SMILES string of the molecule is O=C([C@H]1CCCO1)N1CCN(C[C@@H](O)Cn2c3ccccc3c3ccccc32)CC1. The molecule has 0 bridgehead atoms. The summed E-state index contributed by atoms with van der Waals surface area (Å²) in [4.78, 5) is 16.7. The van der Waals surface area contributed by atoms with E-state index in [1.54, 1.807) is 0 Å². The number of benzene rings is 2. The van der Waals surface area contributed by atoms with Crippen molar-refractivity contribution in [1.82, 2.24) is 14.4 Å². The van der Waals surface area contributed by atoms with Crippen LogP contribution in [0, 0.1) is 0 Å². The lowest BCUT2D eigenvalue weighted by atomic mass is 10.2. The number of piperazine rings is 1. The number of rotatable bonds is 5. The number of hydrogen-bond acceptors (Lipinski definition) is 4. The number of carbonyl (C=O) groups excluding carboxylic acids is 1. The van der Waals surface area contributed by atoms with Gasteiger partial charge in [-0.25, -0.2) is 0 Å². The first-order chi connectivity index (χ1) is 14.7. The molecule has 0 spiro atoms. The van der Waals surface area contributed by atoms with Crippen LogP contribution in [0.15, 0.2) is 48.5 Å². The fourth-order valence-corrected chi connectivity index (χ4v) is 4.89. The Kier molecular flexibility index (Phi) is 5.46. The van der Waals surface area contributed by atoms with Crippen molar-refractivity contribution in [3.8, 4) is 0 Å². The number of para-hydroxylation sites is 2. The molecule has 0 saturated carbocycles. The van der Waals surface area contributed by atoms with Crippen LogP contribution in [0.3, 0.4) is 0 Å². The summed E-state index contributed by atoms with van der Waals surface area (Å²) in [6.07, 6.45) is 1.11. The lowest BCUT2D eigenvalue weighted by Crippen LogP contribution is -2.52. The lowest BCUT2D eigenvalue weighted by Gasteiger charge is -2.36. The van der Waals surface area contributed by atoms with E-state index in [-0.39, 0.29) is 12.0 Å². The van der Waals surface area contributed by atoms with E-state index >= 15 is 0 Å². The van der Waals surface area contributed by atoms with Gasteiger partial charge in [0, 0.05) is 61.1 Å². The van der Waals surface area contributed by atoms with Crippen LogP contribution in [0.2, 0.25) is 0 Å². The maximum Gasteiger partial charge on any atom is 0.251 e. The van der Waals surface area contributed by atoms with Crippen LogP contribution in [0.1, 0.15) is 12.8 Å². The molecule has 0 unspecified atom stereocenters. The van der Waals surface area contributed by atoms with Crippen LogP contribution in [-0.2, 0) is 16.1 Å². The molecule has 2 saturated heterocycles. The Morgan fingerprint density at radius 2 is 1.60 bits per heavy atom. The van der Waals surface area contributed by atoms with Gasteiger partial charge in [0.25, 0.3) is 5.91 Å². The number of amides is 1. The number of aliphatic hydroxyl groups is 1. The quantitative estimate of drug-likeness (QED) is 0.706. The zero-order valence-electron chi connectivity index (χ0n) is 17.2. The second-order valence-electron chi connectivity index (χ2n) is 8.43. The first-order valence-corrected chi connectivity index (χ1v) is 11.0. The van der Waals surface area contributed by atoms with Crippen molar-refractivity contribution < 1.29 is 14.6 Å². The monoisotopic (exact) mass is 407 g/mol. The summed E-state index contributed by atoms with van der Waals surface area (Å²) < 4.78 is 7.77. The molecule has 158 valence electrons. The van der Waals surface area contributed by atoms with Crippen LogP contribution in [0.25, 0.3) is 21.8 Å². The molecule has 6 heteroatoms. The van der Waals surface area contributed by atoms with Crippen molar-refractivity contribution in [3.05, 3.63) is 48.5 Å². The molecule has 0 aliphatic carbocycles. The Morgan fingerprint density at radius 1 is 0.967 bits per heavy atom. The fraction of sp³-hybridized carbons (Fsp3) is 0.458. The Hall–Kier alpha value is -2.41. The van der Waals surface area contributed by atoms with E-state index in [2.05, 4.69) is 45.9 Å². The number of carbonyl (C=O) groups is 1. The number of ether oxygens (including phenoxy) is 1. The molecule has 2 aliphatic heterocycles. The molecule has 6 nitrogen and oxygen atoms in total. The minimum absolute atomic E-state index is 0.137. The van der Waals surface area contributed by atoms with Gasteiger partial charge in [-0.15, -0.1) is 0 Å². The van der Waals surface area contributed by atoms with E-state index in [0.717, 1.165) is 37.0 Å². The molecule has 2 atom stereocenters. The molecule has 3 heterocycles. The third kappa shape index (κ3) is 3.71. The topological polar surface area (TPSA) is 57.9 Å². The molecular weight excluding hydrogens is 378 g/mol. The normalized spacial score (nSPS) is 21.5. The number of fused-ring (bicyclic) bond motifs is 3. The number of aromatic nitrogens is 1. The van der Waals surface area contributed by atoms with E-state index in [9.17, 15) is 9.90 Å². The molecule has 0 radical (unpaired) electrons. The lowest BCUT2D eigenvalue weighted by molar-refractivity contribution is -0.142. The van der Waals surface area contributed by atoms with Gasteiger partial charge in [-0.1, -0.05) is 36.4 Å². The molecule has 1 aromatic heterocycles. The highest BCUT2D eigenvalue weighted by Crippen LogP contribution is 2.29. The maximum atomic E-state index is 12.5. The first kappa shape index (κ1) is 19.5. The average molecular weight is 408 g/mol. The number of nitrogens with zero attached hydrogens (tertiary/aromatic N) is 3. The zero-order chi connectivity index (χ0) is 20.5. The summed E-state index contributed by atoms with van der Waals surface area (Å²) in [6.45, 7) is 4.88. The van der Waals surface area contributed by atoms with E-state index in [4.69, 9.17) is 4.74 Å². The van der Waals surface area contributed by atoms with Gasteiger partial charge in [0.05, 0.1) is 12.6 Å². The molecule has 30 heavy (non-hydrogen) atoms. The van der Waals surface area contributed by atoms with Crippen LogP contribution in [0.5, 0.6) is 0 Å². The summed E-state index contributed by atoms with van der Waals surface area (Å²) in [5.41, 5.74) is 2.31. The minimum Gasteiger partial charge on any atom is -0.390 e. The number of hydrogen-bond donors (Lipinski definition) is 1. The second kappa shape index (κ2) is 8.38. The predicted octanol–water partition coefficient (Wildman–Crippen LogP) is 2.48. The summed E-state index contributed by atoms with van der Waals surface area (Å²) in [5, 5.41) is 13.3. The zero-order valence-corrected chi connectivity index (χ0v) is 17.2. The van der Waals surface area contributed by atoms with Gasteiger partial charge in [-0.05, 0) is 25.0 Å². The molecule has 2 fully saturated rings. The number of β-amino-alcohol motifs (C(OH)–C–C–N with tert-alkyl or cyclic N) is 1. The van der Waals surface area contributed by atoms with Crippen LogP contribution in [0.4, 0.5) is 0 Å². The predicted molar refractivity (Wildman–Crippen MR) is 117 cm³/mol. The molecule has 5 rings (SSSR count). The minimum atomic E-state index is -0.468. The van der Waals surface area contributed by atoms with Crippen molar-refractivity contribution in [3.63, 3.8) is 0 Å². The van der Waals surface area contributed by atoms with Crippen LogP contribution < -0.4 is 0 Å². The Labute approximate surface area is 176 Å². The van der Waals surface area contributed by atoms with Crippen LogP contribution in [-0.4, -0.2) is 76.9 Å². The molecule has 1 N–H and O–H groups in total. The van der Waals surface area contributed by atoms with Gasteiger partial charge in [0.2, 0.25) is 0 Å². The first-order valence-electron chi connectivity index (χ1n) is 11.0. The highest BCUT2D eigenvalue weighted by Gasteiger charge is 2.30. The van der Waals surface area contributed by atoms with Crippen molar-refractivity contribution in [2.45, 2.75) is 31.6 Å². The van der Waals surface area contributed by atoms with E-state index in [1.807, 2.05) is 17.0 Å². The summed E-state index contributed by atoms with van der Waals surface area (Å²) in [6, 6.07) is 16.8. The molecule has 1 amide bonds. The highest BCUT2D eigenvalue weighted by atomic mass is 16.5. The summed E-state index contributed by atoms with van der Waals surface area (Å²) in [7, 11) is 0. The van der Waals surface area contributed by atoms with Gasteiger partial charge >= 0.3 is 0 Å². The Bertz CT molecular complexity index is 979. The fourth-order valence-electron chi connectivity index (χ4n) is 4.89. The molecule has 2 aliphatic rings. The maximum absolute atomic E-state index is 12.5. The third-order valence-electron chi connectivity index (χ3n) is 6.43. The van der Waals surface area contributed by atoms with Crippen molar-refractivity contribution in [2.75, 3.05) is 39.3 Å². The van der Waals surface area contributed by atoms with Gasteiger partial charge in [0.1, 0.15) is 6.10 Å². The van der Waals surface area contributed by atoms with E-state index in [0.29, 0.717) is 32.8 Å². The van der Waals surface area contributed by atoms with Gasteiger partial charge in [-0.2, -0.15) is 0 Å². The summed E-state index contributed by atoms with van der Waals surface area (Å²) >= 11 is 0. The summed E-state index contributed by atoms with van der Waals surface area (Å²) in [5.74, 6) is 0.137. The van der Waals surface area contributed by atoms with Gasteiger partial charge < -0.3 is 19.3 Å². The Morgan fingerprint density at radius 3 is 2.20 bits per heavy atom.